The quantitative estimate of drug-likeness (QED) is 0.882. The lowest BCUT2D eigenvalue weighted by Crippen LogP contribution is -2.20. The van der Waals surface area contributed by atoms with Crippen LogP contribution in [0.4, 0.5) is 4.79 Å². The van der Waals surface area contributed by atoms with Crippen LogP contribution in [0.2, 0.25) is 0 Å². The number of rotatable bonds is 3. The summed E-state index contributed by atoms with van der Waals surface area (Å²) in [6.45, 7) is 1.99. The number of methoxy groups -OCH3 is 1. The van der Waals surface area contributed by atoms with Gasteiger partial charge in [-0.05, 0) is 12.5 Å². The van der Waals surface area contributed by atoms with Crippen LogP contribution in [0.5, 0.6) is 0 Å². The van der Waals surface area contributed by atoms with Crippen LogP contribution in [0.25, 0.3) is 0 Å². The molecule has 0 unspecified atom stereocenters. The summed E-state index contributed by atoms with van der Waals surface area (Å²) in [6, 6.07) is 8.95. The van der Waals surface area contributed by atoms with Gasteiger partial charge in [0, 0.05) is 6.54 Å². The Morgan fingerprint density at radius 1 is 1.33 bits per heavy atom. The molecule has 0 aliphatic rings. The van der Waals surface area contributed by atoms with E-state index in [9.17, 15) is 9.59 Å². The first kappa shape index (κ1) is 15.0. The summed E-state index contributed by atoms with van der Waals surface area (Å²) in [6.07, 6.45) is 0. The van der Waals surface area contributed by atoms with E-state index < -0.39 is 12.0 Å². The van der Waals surface area contributed by atoms with Crippen LogP contribution in [-0.2, 0) is 11.3 Å². The van der Waals surface area contributed by atoms with Gasteiger partial charge >= 0.3 is 12.0 Å². The highest BCUT2D eigenvalue weighted by Gasteiger charge is 2.15. The molecule has 2 aromatic rings. The maximum absolute atomic E-state index is 11.7. The third-order valence-electron chi connectivity index (χ3n) is 2.60. The topological polar surface area (TPSA) is 80.9 Å². The van der Waals surface area contributed by atoms with Gasteiger partial charge in [-0.25, -0.2) is 9.59 Å². The summed E-state index contributed by atoms with van der Waals surface area (Å²) >= 11 is 0.973. The molecular formula is C14H14N2O4S. The molecule has 7 heteroatoms. The Morgan fingerprint density at radius 2 is 2.05 bits per heavy atom. The zero-order valence-corrected chi connectivity index (χ0v) is 12.4. The lowest BCUT2D eigenvalue weighted by atomic mass is 10.2. The summed E-state index contributed by atoms with van der Waals surface area (Å²) in [5.74, 6) is -0.131. The van der Waals surface area contributed by atoms with Gasteiger partial charge in [0.2, 0.25) is 0 Å². The minimum Gasteiger partial charge on any atom is -0.465 e. The predicted molar refractivity (Wildman–Crippen MR) is 76.9 cm³/mol. The SMILES string of the molecule is COC(=O)c1s/c(=N/C(=O)NCc2ccccc2)oc1C. The molecule has 0 bridgehead atoms. The molecule has 110 valence electrons. The zero-order valence-electron chi connectivity index (χ0n) is 11.6. The average Bonchev–Trinajstić information content (AvgIpc) is 2.86. The highest BCUT2D eigenvalue weighted by Crippen LogP contribution is 2.11. The number of carbonyl (C=O) groups is 2. The van der Waals surface area contributed by atoms with Crippen molar-refractivity contribution >= 4 is 23.3 Å². The normalized spacial score (nSPS) is 11.2. The minimum atomic E-state index is -0.528. The van der Waals surface area contributed by atoms with Crippen LogP contribution in [0.3, 0.4) is 0 Å². The van der Waals surface area contributed by atoms with E-state index in [0.717, 1.165) is 16.9 Å². The zero-order chi connectivity index (χ0) is 15.2. The Kier molecular flexibility index (Phi) is 4.89. The summed E-state index contributed by atoms with van der Waals surface area (Å²) in [4.78, 5) is 27.3. The first-order valence-corrected chi connectivity index (χ1v) is 6.97. The second kappa shape index (κ2) is 6.85. The molecule has 1 aromatic carbocycles. The van der Waals surface area contributed by atoms with Gasteiger partial charge in [-0.2, -0.15) is 0 Å². The van der Waals surface area contributed by atoms with Crippen molar-refractivity contribution < 1.29 is 18.7 Å². The lowest BCUT2D eigenvalue weighted by molar-refractivity contribution is 0.0603. The second-order valence-corrected chi connectivity index (χ2v) is 5.06. The Balaban J connectivity index is 2.06. The molecular weight excluding hydrogens is 292 g/mol. The Hall–Kier alpha value is -2.41. The molecule has 0 aliphatic carbocycles. The van der Waals surface area contributed by atoms with Crippen LogP contribution >= 0.6 is 11.3 Å². The molecule has 0 atom stereocenters. The number of ether oxygens (including phenoxy) is 1. The fourth-order valence-corrected chi connectivity index (χ4v) is 2.40. The summed E-state index contributed by atoms with van der Waals surface area (Å²) < 4.78 is 9.86. The van der Waals surface area contributed by atoms with E-state index in [2.05, 4.69) is 15.0 Å². The monoisotopic (exact) mass is 306 g/mol. The second-order valence-electron chi connectivity index (χ2n) is 4.10. The number of aryl methyl sites for hydroxylation is 1. The van der Waals surface area contributed by atoms with Crippen molar-refractivity contribution in [3.05, 3.63) is 51.4 Å². The van der Waals surface area contributed by atoms with Crippen molar-refractivity contribution in [1.29, 1.82) is 0 Å². The number of urea groups is 1. The van der Waals surface area contributed by atoms with Crippen LogP contribution in [0.1, 0.15) is 21.0 Å². The van der Waals surface area contributed by atoms with Crippen LogP contribution in [-0.4, -0.2) is 19.1 Å². The molecule has 21 heavy (non-hydrogen) atoms. The van der Waals surface area contributed by atoms with Crippen molar-refractivity contribution in [2.75, 3.05) is 7.11 Å². The van der Waals surface area contributed by atoms with Crippen molar-refractivity contribution in [3.63, 3.8) is 0 Å². The molecule has 0 saturated carbocycles. The van der Waals surface area contributed by atoms with Gasteiger partial charge in [0.1, 0.15) is 5.76 Å². The Bertz CT molecular complexity index is 703. The van der Waals surface area contributed by atoms with Gasteiger partial charge in [-0.1, -0.05) is 41.7 Å². The van der Waals surface area contributed by atoms with Crippen LogP contribution in [0.15, 0.2) is 39.7 Å². The highest BCUT2D eigenvalue weighted by molar-refractivity contribution is 7.11. The third kappa shape index (κ3) is 4.03. The van der Waals surface area contributed by atoms with E-state index in [-0.39, 0.29) is 4.87 Å². The Labute approximate surface area is 125 Å². The van der Waals surface area contributed by atoms with E-state index in [1.54, 1.807) is 6.92 Å². The molecule has 2 amide bonds. The van der Waals surface area contributed by atoms with Gasteiger partial charge in [0.15, 0.2) is 4.88 Å². The third-order valence-corrected chi connectivity index (χ3v) is 3.61. The molecule has 6 nitrogen and oxygen atoms in total. The number of nitrogens with zero attached hydrogens (tertiary/aromatic N) is 1. The fourth-order valence-electron chi connectivity index (χ4n) is 1.58. The van der Waals surface area contributed by atoms with Crippen LogP contribution in [0, 0.1) is 6.92 Å². The molecule has 1 heterocycles. The number of hydrogen-bond acceptors (Lipinski definition) is 5. The molecule has 0 spiro atoms. The van der Waals surface area contributed by atoms with Gasteiger partial charge in [0.25, 0.3) is 4.87 Å². The van der Waals surface area contributed by atoms with Gasteiger partial charge in [-0.3, -0.25) is 0 Å². The molecule has 0 aliphatic heterocycles. The largest absolute Gasteiger partial charge is 0.465 e. The summed E-state index contributed by atoms with van der Waals surface area (Å²) in [5, 5.41) is 2.64. The number of benzene rings is 1. The van der Waals surface area contributed by atoms with Gasteiger partial charge in [-0.15, -0.1) is 4.99 Å². The number of hydrogen-bond donors (Lipinski definition) is 1. The average molecular weight is 306 g/mol. The smallest absolute Gasteiger partial charge is 0.351 e. The van der Waals surface area contributed by atoms with E-state index in [1.807, 2.05) is 30.3 Å². The molecule has 1 N–H and O–H groups in total. The molecule has 0 saturated heterocycles. The van der Waals surface area contributed by atoms with Gasteiger partial charge in [0.05, 0.1) is 7.11 Å². The number of nitrogens with one attached hydrogen (secondary N) is 1. The Morgan fingerprint density at radius 3 is 2.71 bits per heavy atom. The van der Waals surface area contributed by atoms with E-state index in [1.165, 1.54) is 7.11 Å². The van der Waals surface area contributed by atoms with Crippen molar-refractivity contribution in [2.24, 2.45) is 4.99 Å². The number of carbonyl (C=O) groups excluding carboxylic acids is 2. The number of amides is 2. The molecule has 2 rings (SSSR count). The maximum atomic E-state index is 11.7. The van der Waals surface area contributed by atoms with Gasteiger partial charge < -0.3 is 14.5 Å². The van der Waals surface area contributed by atoms with E-state index in [0.29, 0.717) is 17.2 Å². The molecule has 1 aromatic heterocycles. The first-order valence-electron chi connectivity index (χ1n) is 6.15. The molecule has 0 radical (unpaired) electrons. The summed E-state index contributed by atoms with van der Waals surface area (Å²) in [7, 11) is 1.28. The predicted octanol–water partition coefficient (Wildman–Crippen LogP) is 2.25. The van der Waals surface area contributed by atoms with Crippen molar-refractivity contribution in [2.45, 2.75) is 13.5 Å². The lowest BCUT2D eigenvalue weighted by Gasteiger charge is -2.00. The first-order chi connectivity index (χ1) is 10.1. The fraction of sp³-hybridized carbons (Fsp3) is 0.214. The maximum Gasteiger partial charge on any atom is 0.351 e. The van der Waals surface area contributed by atoms with E-state index >= 15 is 0 Å². The summed E-state index contributed by atoms with van der Waals surface area (Å²) in [5.41, 5.74) is 0.968. The van der Waals surface area contributed by atoms with Crippen molar-refractivity contribution in [3.8, 4) is 0 Å². The van der Waals surface area contributed by atoms with E-state index in [4.69, 9.17) is 4.42 Å². The highest BCUT2D eigenvalue weighted by atomic mass is 32.1. The minimum absolute atomic E-state index is 0.110. The standard InChI is InChI=1S/C14H14N2O4S/c1-9-11(12(17)19-2)21-14(20-9)16-13(18)15-8-10-6-4-3-5-7-10/h3-7H,8H2,1-2H3,(H,15,18)/b16-14+. The molecule has 0 fully saturated rings. The van der Waals surface area contributed by atoms with Crippen LogP contribution < -0.4 is 10.2 Å². The van der Waals surface area contributed by atoms with Crippen molar-refractivity contribution in [1.82, 2.24) is 5.32 Å². The number of esters is 1.